The summed E-state index contributed by atoms with van der Waals surface area (Å²) in [6.07, 6.45) is 1.90. The molecule has 0 unspecified atom stereocenters. The number of aromatic hydroxyl groups is 1. The molecule has 2 rings (SSSR count). The summed E-state index contributed by atoms with van der Waals surface area (Å²) in [5, 5.41) is 13.4. The third kappa shape index (κ3) is 2.70. The van der Waals surface area contributed by atoms with Gasteiger partial charge in [0.1, 0.15) is 5.75 Å². The van der Waals surface area contributed by atoms with Crippen LogP contribution in [-0.2, 0) is 0 Å². The van der Waals surface area contributed by atoms with Crippen LogP contribution in [0.4, 0.5) is 0 Å². The monoisotopic (exact) mass is 296 g/mol. The number of phenols is 1. The zero-order valence-electron chi connectivity index (χ0n) is 9.69. The molecule has 0 spiro atoms. The van der Waals surface area contributed by atoms with E-state index in [0.717, 1.165) is 36.2 Å². The second-order valence-corrected chi connectivity index (χ2v) is 5.00. The Labute approximate surface area is 110 Å². The van der Waals surface area contributed by atoms with Crippen molar-refractivity contribution >= 4 is 15.9 Å². The summed E-state index contributed by atoms with van der Waals surface area (Å²) in [6, 6.07) is 5.82. The van der Waals surface area contributed by atoms with Gasteiger partial charge in [0.25, 0.3) is 0 Å². The van der Waals surface area contributed by atoms with Crippen LogP contribution in [0.3, 0.4) is 0 Å². The zero-order chi connectivity index (χ0) is 12.3. The normalized spacial score (nSPS) is 18.9. The first kappa shape index (κ1) is 12.6. The highest BCUT2D eigenvalue weighted by molar-refractivity contribution is 9.10. The Balaban J connectivity index is 2.27. The Morgan fingerprint density at radius 3 is 2.76 bits per heavy atom. The number of benzene rings is 1. The highest BCUT2D eigenvalue weighted by Crippen LogP contribution is 2.34. The fourth-order valence-corrected chi connectivity index (χ4v) is 2.59. The van der Waals surface area contributed by atoms with Gasteiger partial charge in [0.05, 0.1) is 10.5 Å². The van der Waals surface area contributed by atoms with Gasteiger partial charge in [-0.25, -0.2) is 0 Å². The Morgan fingerprint density at radius 1 is 1.41 bits per heavy atom. The van der Waals surface area contributed by atoms with Crippen LogP contribution in [0, 0.1) is 0 Å². The van der Waals surface area contributed by atoms with Crippen LogP contribution in [0.1, 0.15) is 11.6 Å². The quantitative estimate of drug-likeness (QED) is 0.840. The van der Waals surface area contributed by atoms with Crippen LogP contribution in [-0.4, -0.2) is 36.2 Å². The van der Waals surface area contributed by atoms with Gasteiger partial charge in [-0.1, -0.05) is 18.2 Å². The molecule has 4 heteroatoms. The van der Waals surface area contributed by atoms with Crippen molar-refractivity contribution in [1.29, 1.82) is 0 Å². The highest BCUT2D eigenvalue weighted by atomic mass is 79.9. The number of piperazine rings is 1. The van der Waals surface area contributed by atoms with E-state index < -0.39 is 0 Å². The molecule has 92 valence electrons. The van der Waals surface area contributed by atoms with Crippen molar-refractivity contribution in [3.63, 3.8) is 0 Å². The Morgan fingerprint density at radius 2 is 2.12 bits per heavy atom. The minimum absolute atomic E-state index is 0.0783. The molecule has 17 heavy (non-hydrogen) atoms. The number of nitrogens with one attached hydrogen (secondary N) is 1. The summed E-state index contributed by atoms with van der Waals surface area (Å²) in [5.41, 5.74) is 0.913. The van der Waals surface area contributed by atoms with Crippen molar-refractivity contribution in [3.8, 4) is 5.75 Å². The molecule has 1 aromatic rings. The number of nitrogens with zero attached hydrogens (tertiary/aromatic N) is 1. The summed E-state index contributed by atoms with van der Waals surface area (Å²) in [6.45, 7) is 7.82. The van der Waals surface area contributed by atoms with Crippen molar-refractivity contribution in [2.75, 3.05) is 26.2 Å². The molecule has 1 aromatic carbocycles. The molecular weight excluding hydrogens is 280 g/mol. The standard InChI is InChI=1S/C13H17BrN2O/c1-2-12(16-8-6-15-7-9-16)10-4-3-5-11(14)13(10)17/h2-5,12,15,17H,1,6-9H2/t12-/m0/s1. The zero-order valence-corrected chi connectivity index (χ0v) is 11.3. The lowest BCUT2D eigenvalue weighted by Gasteiger charge is -2.33. The summed E-state index contributed by atoms with van der Waals surface area (Å²) < 4.78 is 0.733. The van der Waals surface area contributed by atoms with E-state index in [1.54, 1.807) is 0 Å². The molecule has 0 amide bonds. The van der Waals surface area contributed by atoms with E-state index in [1.807, 2.05) is 24.3 Å². The first-order valence-electron chi connectivity index (χ1n) is 5.78. The molecule has 0 aromatic heterocycles. The van der Waals surface area contributed by atoms with Gasteiger partial charge < -0.3 is 10.4 Å². The van der Waals surface area contributed by atoms with Gasteiger partial charge in [0.15, 0.2) is 0 Å². The van der Waals surface area contributed by atoms with Crippen molar-refractivity contribution in [3.05, 3.63) is 40.9 Å². The van der Waals surface area contributed by atoms with Crippen LogP contribution in [0.15, 0.2) is 35.3 Å². The molecule has 1 saturated heterocycles. The lowest BCUT2D eigenvalue weighted by Crippen LogP contribution is -2.44. The average molecular weight is 297 g/mol. The number of hydrogen-bond acceptors (Lipinski definition) is 3. The number of halogens is 1. The molecule has 0 aliphatic carbocycles. The molecule has 0 saturated carbocycles. The number of phenolic OH excluding ortho intramolecular Hbond substituents is 1. The third-order valence-electron chi connectivity index (χ3n) is 3.10. The predicted molar refractivity (Wildman–Crippen MR) is 73.2 cm³/mol. The van der Waals surface area contributed by atoms with Crippen molar-refractivity contribution in [2.24, 2.45) is 0 Å². The van der Waals surface area contributed by atoms with E-state index in [0.29, 0.717) is 5.75 Å². The predicted octanol–water partition coefficient (Wildman–Crippen LogP) is 2.29. The lowest BCUT2D eigenvalue weighted by atomic mass is 10.0. The van der Waals surface area contributed by atoms with Gasteiger partial charge >= 0.3 is 0 Å². The van der Waals surface area contributed by atoms with Gasteiger partial charge in [-0.05, 0) is 22.0 Å². The average Bonchev–Trinajstić information content (AvgIpc) is 2.37. The second-order valence-electron chi connectivity index (χ2n) is 4.14. The molecule has 2 N–H and O–H groups in total. The Kier molecular flexibility index (Phi) is 4.20. The first-order chi connectivity index (χ1) is 8.24. The van der Waals surface area contributed by atoms with Crippen LogP contribution in [0.5, 0.6) is 5.75 Å². The summed E-state index contributed by atoms with van der Waals surface area (Å²) in [7, 11) is 0. The second kappa shape index (κ2) is 5.67. The van der Waals surface area contributed by atoms with E-state index in [4.69, 9.17) is 0 Å². The molecule has 3 nitrogen and oxygen atoms in total. The van der Waals surface area contributed by atoms with Gasteiger partial charge in [-0.15, -0.1) is 6.58 Å². The maximum Gasteiger partial charge on any atom is 0.134 e. The highest BCUT2D eigenvalue weighted by Gasteiger charge is 2.22. The summed E-state index contributed by atoms with van der Waals surface area (Å²) in [4.78, 5) is 2.32. The van der Waals surface area contributed by atoms with E-state index in [1.165, 1.54) is 0 Å². The number of para-hydroxylation sites is 1. The molecule has 1 atom stereocenters. The Bertz CT molecular complexity index is 402. The maximum atomic E-state index is 10.1. The van der Waals surface area contributed by atoms with Gasteiger partial charge in [0, 0.05) is 31.7 Å². The lowest BCUT2D eigenvalue weighted by molar-refractivity contribution is 0.201. The maximum absolute atomic E-state index is 10.1. The van der Waals surface area contributed by atoms with Crippen LogP contribution in [0.25, 0.3) is 0 Å². The van der Waals surface area contributed by atoms with E-state index in [-0.39, 0.29) is 6.04 Å². The number of rotatable bonds is 3. The summed E-state index contributed by atoms with van der Waals surface area (Å²) in [5.74, 6) is 0.316. The molecule has 0 bridgehead atoms. The fourth-order valence-electron chi connectivity index (χ4n) is 2.20. The topological polar surface area (TPSA) is 35.5 Å². The van der Waals surface area contributed by atoms with E-state index in [9.17, 15) is 5.11 Å². The van der Waals surface area contributed by atoms with Crippen molar-refractivity contribution < 1.29 is 5.11 Å². The molecular formula is C13H17BrN2O. The van der Waals surface area contributed by atoms with Crippen LogP contribution < -0.4 is 5.32 Å². The fraction of sp³-hybridized carbons (Fsp3) is 0.385. The molecule has 1 aliphatic heterocycles. The van der Waals surface area contributed by atoms with Crippen molar-refractivity contribution in [2.45, 2.75) is 6.04 Å². The SMILES string of the molecule is C=C[C@@H](c1cccc(Br)c1O)N1CCNCC1. The molecule has 1 heterocycles. The van der Waals surface area contributed by atoms with E-state index in [2.05, 4.69) is 32.7 Å². The largest absolute Gasteiger partial charge is 0.506 e. The number of hydrogen-bond donors (Lipinski definition) is 2. The van der Waals surface area contributed by atoms with Gasteiger partial charge in [-0.3, -0.25) is 4.90 Å². The molecule has 1 aliphatic rings. The first-order valence-corrected chi connectivity index (χ1v) is 6.58. The van der Waals surface area contributed by atoms with Gasteiger partial charge in [0.2, 0.25) is 0 Å². The van der Waals surface area contributed by atoms with Crippen molar-refractivity contribution in [1.82, 2.24) is 10.2 Å². The molecule has 1 fully saturated rings. The summed E-state index contributed by atoms with van der Waals surface area (Å²) >= 11 is 3.35. The Hall–Kier alpha value is -0.840. The third-order valence-corrected chi connectivity index (χ3v) is 3.74. The van der Waals surface area contributed by atoms with Gasteiger partial charge in [-0.2, -0.15) is 0 Å². The smallest absolute Gasteiger partial charge is 0.134 e. The minimum Gasteiger partial charge on any atom is -0.506 e. The van der Waals surface area contributed by atoms with Crippen LogP contribution in [0.2, 0.25) is 0 Å². The molecule has 0 radical (unpaired) electrons. The van der Waals surface area contributed by atoms with Crippen LogP contribution >= 0.6 is 15.9 Å². The minimum atomic E-state index is 0.0783. The van der Waals surface area contributed by atoms with E-state index >= 15 is 0 Å².